The molecule has 6 heteroatoms. The van der Waals surface area contributed by atoms with Crippen LogP contribution >= 0.6 is 0 Å². The lowest BCUT2D eigenvalue weighted by molar-refractivity contribution is -0.143. The molecule has 2 unspecified atom stereocenters. The Hall–Kier alpha value is -1.14. The Morgan fingerprint density at radius 3 is 0.772 bits per heavy atom. The zero-order chi connectivity index (χ0) is 57.1. The molecule has 2 atom stereocenters. The van der Waals surface area contributed by atoms with Crippen LogP contribution in [0.1, 0.15) is 431 Å². The van der Waals surface area contributed by atoms with Gasteiger partial charge in [-0.05, 0) is 25.7 Å². The summed E-state index contributed by atoms with van der Waals surface area (Å²) in [6, 6.07) is -0.535. The number of ether oxygens (including phenoxy) is 1. The zero-order valence-electron chi connectivity index (χ0n) is 54.2. The number of carbonyl (C=O) groups excluding carboxylic acids is 2. The highest BCUT2D eigenvalue weighted by atomic mass is 16.5. The minimum Gasteiger partial charge on any atom is -0.466 e. The molecule has 0 aliphatic heterocycles. The molecule has 0 spiro atoms. The molecule has 0 aliphatic carbocycles. The predicted octanol–water partition coefficient (Wildman–Crippen LogP) is 23.8. The van der Waals surface area contributed by atoms with Gasteiger partial charge in [0.2, 0.25) is 5.91 Å². The van der Waals surface area contributed by atoms with Crippen molar-refractivity contribution >= 4 is 11.9 Å². The fourth-order valence-corrected chi connectivity index (χ4v) is 12.1. The van der Waals surface area contributed by atoms with Crippen LogP contribution in [-0.4, -0.2) is 47.4 Å². The number of hydrogen-bond acceptors (Lipinski definition) is 5. The molecule has 0 saturated heterocycles. The summed E-state index contributed by atoms with van der Waals surface area (Å²) in [6.07, 6.45) is 84.7. The molecule has 0 radical (unpaired) electrons. The Balaban J connectivity index is 3.26. The van der Waals surface area contributed by atoms with E-state index in [4.69, 9.17) is 4.74 Å². The monoisotopic (exact) mass is 1120 g/mol. The van der Waals surface area contributed by atoms with Gasteiger partial charge in [0.05, 0.1) is 25.4 Å². The minimum atomic E-state index is -0.658. The van der Waals surface area contributed by atoms with Crippen LogP contribution < -0.4 is 5.32 Å². The van der Waals surface area contributed by atoms with Crippen molar-refractivity contribution in [3.05, 3.63) is 0 Å². The summed E-state index contributed by atoms with van der Waals surface area (Å²) in [4.78, 5) is 24.6. The maximum Gasteiger partial charge on any atom is 0.305 e. The molecule has 0 aromatic carbocycles. The van der Waals surface area contributed by atoms with Crippen molar-refractivity contribution in [1.29, 1.82) is 0 Å². The molecule has 3 N–H and O–H groups in total. The van der Waals surface area contributed by atoms with E-state index in [0.717, 1.165) is 38.5 Å². The van der Waals surface area contributed by atoms with E-state index in [0.29, 0.717) is 25.9 Å². The van der Waals surface area contributed by atoms with E-state index < -0.39 is 12.1 Å². The topological polar surface area (TPSA) is 95.9 Å². The Labute approximate surface area is 496 Å². The molecule has 0 rings (SSSR count). The first-order chi connectivity index (χ1) is 39.0. The lowest BCUT2D eigenvalue weighted by atomic mass is 10.0. The fourth-order valence-electron chi connectivity index (χ4n) is 12.1. The van der Waals surface area contributed by atoms with Crippen LogP contribution in [0.25, 0.3) is 0 Å². The third-order valence-electron chi connectivity index (χ3n) is 17.7. The molecule has 79 heavy (non-hydrogen) atoms. The average Bonchev–Trinajstić information content (AvgIpc) is 3.45. The van der Waals surface area contributed by atoms with Crippen molar-refractivity contribution in [3.63, 3.8) is 0 Å². The number of esters is 1. The summed E-state index contributed by atoms with van der Waals surface area (Å²) in [7, 11) is 0. The van der Waals surface area contributed by atoms with Crippen molar-refractivity contribution < 1.29 is 24.5 Å². The van der Waals surface area contributed by atoms with Crippen LogP contribution in [0.2, 0.25) is 0 Å². The van der Waals surface area contributed by atoms with E-state index in [2.05, 4.69) is 19.2 Å². The molecule has 1 amide bonds. The van der Waals surface area contributed by atoms with Gasteiger partial charge in [0, 0.05) is 12.8 Å². The zero-order valence-corrected chi connectivity index (χ0v) is 54.2. The number of unbranched alkanes of at least 4 members (excludes halogenated alkanes) is 59. The lowest BCUT2D eigenvalue weighted by Gasteiger charge is -2.22. The third kappa shape index (κ3) is 65.9. The maximum atomic E-state index is 12.5. The van der Waals surface area contributed by atoms with Crippen LogP contribution in [0.5, 0.6) is 0 Å². The summed E-state index contributed by atoms with van der Waals surface area (Å²) < 4.78 is 5.51. The van der Waals surface area contributed by atoms with Gasteiger partial charge in [-0.2, -0.15) is 0 Å². The number of aliphatic hydroxyl groups excluding tert-OH is 2. The second kappa shape index (κ2) is 69.4. The largest absolute Gasteiger partial charge is 0.466 e. The van der Waals surface area contributed by atoms with Gasteiger partial charge >= 0.3 is 5.97 Å². The first-order valence-electron chi connectivity index (χ1n) is 36.8. The van der Waals surface area contributed by atoms with E-state index in [1.165, 1.54) is 360 Å². The first kappa shape index (κ1) is 77.9. The highest BCUT2D eigenvalue weighted by Crippen LogP contribution is 2.20. The number of rotatable bonds is 70. The Kier molecular flexibility index (Phi) is 68.4. The van der Waals surface area contributed by atoms with Gasteiger partial charge in [-0.15, -0.1) is 0 Å². The van der Waals surface area contributed by atoms with Crippen molar-refractivity contribution in [2.45, 2.75) is 443 Å². The van der Waals surface area contributed by atoms with E-state index in [1.807, 2.05) is 0 Å². The first-order valence-corrected chi connectivity index (χ1v) is 36.8. The number of aliphatic hydroxyl groups is 2. The normalized spacial score (nSPS) is 12.4. The van der Waals surface area contributed by atoms with Crippen LogP contribution in [-0.2, 0) is 14.3 Å². The molecule has 0 aliphatic rings. The molecule has 0 aromatic rings. The highest BCUT2D eigenvalue weighted by molar-refractivity contribution is 5.76. The average molecular weight is 1120 g/mol. The van der Waals surface area contributed by atoms with Gasteiger partial charge in [0.1, 0.15) is 0 Å². The van der Waals surface area contributed by atoms with Gasteiger partial charge < -0.3 is 20.3 Å². The summed E-state index contributed by atoms with van der Waals surface area (Å²) in [5.74, 6) is -0.000646. The van der Waals surface area contributed by atoms with Gasteiger partial charge in [-0.3, -0.25) is 9.59 Å². The van der Waals surface area contributed by atoms with Crippen LogP contribution in [0.15, 0.2) is 0 Å². The third-order valence-corrected chi connectivity index (χ3v) is 17.7. The molecule has 0 fully saturated rings. The molecule has 472 valence electrons. The van der Waals surface area contributed by atoms with Crippen molar-refractivity contribution in [3.8, 4) is 0 Å². The summed E-state index contributed by atoms with van der Waals surface area (Å²) >= 11 is 0. The number of hydrogen-bond donors (Lipinski definition) is 3. The van der Waals surface area contributed by atoms with Gasteiger partial charge in [0.15, 0.2) is 0 Å². The van der Waals surface area contributed by atoms with E-state index >= 15 is 0 Å². The number of nitrogens with one attached hydrogen (secondary N) is 1. The Bertz CT molecular complexity index is 1150. The van der Waals surface area contributed by atoms with E-state index in [9.17, 15) is 19.8 Å². The van der Waals surface area contributed by atoms with Gasteiger partial charge in [0.25, 0.3) is 0 Å². The minimum absolute atomic E-state index is 0.0272. The molecule has 0 heterocycles. The van der Waals surface area contributed by atoms with Crippen LogP contribution in [0.3, 0.4) is 0 Å². The van der Waals surface area contributed by atoms with Gasteiger partial charge in [-0.1, -0.05) is 393 Å². The second-order valence-electron chi connectivity index (χ2n) is 25.6. The Morgan fingerprint density at radius 2 is 0.519 bits per heavy atom. The van der Waals surface area contributed by atoms with Crippen molar-refractivity contribution in [2.24, 2.45) is 0 Å². The second-order valence-corrected chi connectivity index (χ2v) is 25.6. The molecule has 6 nitrogen and oxygen atoms in total. The number of carbonyl (C=O) groups is 2. The van der Waals surface area contributed by atoms with Crippen LogP contribution in [0, 0.1) is 0 Å². The molecule has 0 saturated carbocycles. The summed E-state index contributed by atoms with van der Waals surface area (Å²) in [5.41, 5.74) is 0. The summed E-state index contributed by atoms with van der Waals surface area (Å²) in [5, 5.41) is 23.2. The molecule has 0 aromatic heterocycles. The molecule has 0 bridgehead atoms. The Morgan fingerprint density at radius 1 is 0.304 bits per heavy atom. The lowest BCUT2D eigenvalue weighted by Crippen LogP contribution is -2.45. The van der Waals surface area contributed by atoms with E-state index in [1.54, 1.807) is 0 Å². The van der Waals surface area contributed by atoms with Crippen LogP contribution in [0.4, 0.5) is 0 Å². The molecular formula is C73H145NO5. The quantitative estimate of drug-likeness (QED) is 0.0417. The van der Waals surface area contributed by atoms with Gasteiger partial charge in [-0.25, -0.2) is 0 Å². The predicted molar refractivity (Wildman–Crippen MR) is 347 cm³/mol. The maximum absolute atomic E-state index is 12.5. The van der Waals surface area contributed by atoms with Crippen molar-refractivity contribution in [1.82, 2.24) is 5.32 Å². The summed E-state index contributed by atoms with van der Waals surface area (Å²) in [6.45, 7) is 4.99. The standard InChI is InChI=1S/C73H145NO5/c1-3-5-7-9-11-13-15-16-17-40-43-47-51-55-59-63-67-73(78)79-68-64-60-56-52-48-44-41-38-36-34-32-30-28-26-24-22-20-18-19-21-23-25-27-29-31-33-35-37-39-42-46-50-54-58-62-66-72(77)74-70(69-75)71(76)65-61-57-53-49-45-14-12-10-8-6-4-2/h70-71,75-76H,3-69H2,1-2H3,(H,74,77). The van der Waals surface area contributed by atoms with Crippen molar-refractivity contribution in [2.75, 3.05) is 13.2 Å². The van der Waals surface area contributed by atoms with E-state index in [-0.39, 0.29) is 18.5 Å². The SMILES string of the molecule is CCCCCCCCCCCCCCCCCCC(=O)OCCCCCCCCCCCCCCCCCCCCCCCCCCCCCCCCCCCCCC(=O)NC(CO)C(O)CCCCCCCCCCCCC. The fraction of sp³-hybridized carbons (Fsp3) is 0.973. The highest BCUT2D eigenvalue weighted by Gasteiger charge is 2.20. The molecular weight excluding hydrogens is 971 g/mol. The number of amides is 1. The smallest absolute Gasteiger partial charge is 0.305 e.